The van der Waals surface area contributed by atoms with Gasteiger partial charge in [-0.25, -0.2) is 0 Å². The molecule has 0 aliphatic rings. The largest absolute Gasteiger partial charge is 0.496 e. The number of nitriles is 1. The standard InChI is InChI=1S/C17H18N2O2/c1-20-17-7-4-14(11-19)10-15(17)12-21-16-5-2-13(3-6-16)8-9-18/h2-7,10H,8-9,12,18H2,1H3. The molecule has 0 spiro atoms. The lowest BCUT2D eigenvalue weighted by atomic mass is 10.1. The molecule has 0 atom stereocenters. The van der Waals surface area contributed by atoms with Crippen LogP contribution in [0.15, 0.2) is 42.5 Å². The number of ether oxygens (including phenoxy) is 2. The van der Waals surface area contributed by atoms with E-state index in [0.29, 0.717) is 24.5 Å². The van der Waals surface area contributed by atoms with Crippen molar-refractivity contribution in [3.63, 3.8) is 0 Å². The van der Waals surface area contributed by atoms with Crippen LogP contribution in [-0.4, -0.2) is 13.7 Å². The van der Waals surface area contributed by atoms with E-state index in [1.807, 2.05) is 24.3 Å². The molecule has 108 valence electrons. The van der Waals surface area contributed by atoms with Crippen LogP contribution in [-0.2, 0) is 13.0 Å². The number of hydrogen-bond acceptors (Lipinski definition) is 4. The van der Waals surface area contributed by atoms with Gasteiger partial charge in [0.25, 0.3) is 0 Å². The molecule has 2 N–H and O–H groups in total. The molecule has 0 aliphatic heterocycles. The fraction of sp³-hybridized carbons (Fsp3) is 0.235. The van der Waals surface area contributed by atoms with Gasteiger partial charge in [-0.2, -0.15) is 5.26 Å². The van der Waals surface area contributed by atoms with Crippen LogP contribution in [0, 0.1) is 11.3 Å². The zero-order valence-electron chi connectivity index (χ0n) is 12.0. The normalized spacial score (nSPS) is 9.95. The first-order valence-electron chi connectivity index (χ1n) is 6.75. The summed E-state index contributed by atoms with van der Waals surface area (Å²) in [4.78, 5) is 0. The van der Waals surface area contributed by atoms with Gasteiger partial charge in [0.05, 0.1) is 18.7 Å². The average Bonchev–Trinajstić information content (AvgIpc) is 2.54. The van der Waals surface area contributed by atoms with Crippen molar-refractivity contribution in [3.05, 3.63) is 59.2 Å². The van der Waals surface area contributed by atoms with Crippen LogP contribution in [0.4, 0.5) is 0 Å². The molecule has 2 aromatic carbocycles. The maximum atomic E-state index is 8.95. The first kappa shape index (κ1) is 14.9. The van der Waals surface area contributed by atoms with E-state index < -0.39 is 0 Å². The highest BCUT2D eigenvalue weighted by Crippen LogP contribution is 2.22. The molecular weight excluding hydrogens is 264 g/mol. The third kappa shape index (κ3) is 3.98. The van der Waals surface area contributed by atoms with Crippen molar-refractivity contribution in [2.45, 2.75) is 13.0 Å². The third-order valence-electron chi connectivity index (χ3n) is 3.16. The third-order valence-corrected chi connectivity index (χ3v) is 3.16. The maximum Gasteiger partial charge on any atom is 0.125 e. The Morgan fingerprint density at radius 1 is 1.14 bits per heavy atom. The van der Waals surface area contributed by atoms with Crippen molar-refractivity contribution in [1.29, 1.82) is 5.26 Å². The summed E-state index contributed by atoms with van der Waals surface area (Å²) < 4.78 is 11.0. The second-order valence-corrected chi connectivity index (χ2v) is 4.61. The molecule has 4 nitrogen and oxygen atoms in total. The van der Waals surface area contributed by atoms with E-state index in [-0.39, 0.29) is 0 Å². The summed E-state index contributed by atoms with van der Waals surface area (Å²) in [5, 5.41) is 8.95. The van der Waals surface area contributed by atoms with E-state index in [1.165, 1.54) is 5.56 Å². The van der Waals surface area contributed by atoms with Gasteiger partial charge in [-0.3, -0.25) is 0 Å². The Morgan fingerprint density at radius 2 is 1.90 bits per heavy atom. The Hall–Kier alpha value is -2.51. The molecule has 0 aromatic heterocycles. The van der Waals surface area contributed by atoms with Gasteiger partial charge in [-0.15, -0.1) is 0 Å². The first-order valence-corrected chi connectivity index (χ1v) is 6.75. The summed E-state index contributed by atoms with van der Waals surface area (Å²) in [6.45, 7) is 0.993. The van der Waals surface area contributed by atoms with Crippen LogP contribution in [0.25, 0.3) is 0 Å². The molecule has 0 amide bonds. The molecule has 0 fully saturated rings. The SMILES string of the molecule is COc1ccc(C#N)cc1COc1ccc(CCN)cc1. The summed E-state index contributed by atoms with van der Waals surface area (Å²) in [6, 6.07) is 15.3. The maximum absolute atomic E-state index is 8.95. The Morgan fingerprint density at radius 3 is 2.52 bits per heavy atom. The van der Waals surface area contributed by atoms with E-state index >= 15 is 0 Å². The first-order chi connectivity index (χ1) is 10.3. The van der Waals surface area contributed by atoms with Crippen molar-refractivity contribution in [2.24, 2.45) is 5.73 Å². The molecule has 0 heterocycles. The highest BCUT2D eigenvalue weighted by atomic mass is 16.5. The van der Waals surface area contributed by atoms with Crippen LogP contribution in [0.3, 0.4) is 0 Å². The van der Waals surface area contributed by atoms with Gasteiger partial charge in [-0.05, 0) is 48.9 Å². The predicted octanol–water partition coefficient (Wildman–Crippen LogP) is 2.65. The average molecular weight is 282 g/mol. The molecule has 0 bridgehead atoms. The van der Waals surface area contributed by atoms with Crippen LogP contribution >= 0.6 is 0 Å². The van der Waals surface area contributed by atoms with Crippen molar-refractivity contribution in [2.75, 3.05) is 13.7 Å². The minimum Gasteiger partial charge on any atom is -0.496 e. The fourth-order valence-electron chi connectivity index (χ4n) is 2.04. The van der Waals surface area contributed by atoms with Crippen LogP contribution < -0.4 is 15.2 Å². The number of benzene rings is 2. The minimum atomic E-state index is 0.356. The topological polar surface area (TPSA) is 68.3 Å². The lowest BCUT2D eigenvalue weighted by Crippen LogP contribution is -2.03. The molecule has 0 saturated carbocycles. The van der Waals surface area contributed by atoms with Crippen LogP contribution in [0.1, 0.15) is 16.7 Å². The zero-order valence-corrected chi connectivity index (χ0v) is 12.0. The summed E-state index contributed by atoms with van der Waals surface area (Å²) in [5.41, 5.74) is 8.15. The van der Waals surface area contributed by atoms with Gasteiger partial charge in [0.15, 0.2) is 0 Å². The molecular formula is C17H18N2O2. The monoisotopic (exact) mass is 282 g/mol. The Balaban J connectivity index is 2.07. The Labute approximate surface area is 124 Å². The molecule has 21 heavy (non-hydrogen) atoms. The van der Waals surface area contributed by atoms with E-state index in [9.17, 15) is 0 Å². The number of nitrogens with zero attached hydrogens (tertiary/aromatic N) is 1. The number of rotatable bonds is 6. The predicted molar refractivity (Wildman–Crippen MR) is 81.2 cm³/mol. The zero-order chi connectivity index (χ0) is 15.1. The summed E-state index contributed by atoms with van der Waals surface area (Å²) in [5.74, 6) is 1.49. The second-order valence-electron chi connectivity index (χ2n) is 4.61. The minimum absolute atomic E-state index is 0.356. The molecule has 0 unspecified atom stereocenters. The van der Waals surface area contributed by atoms with Crippen molar-refractivity contribution in [1.82, 2.24) is 0 Å². The summed E-state index contributed by atoms with van der Waals surface area (Å²) in [6.07, 6.45) is 0.859. The van der Waals surface area contributed by atoms with E-state index in [1.54, 1.807) is 25.3 Å². The van der Waals surface area contributed by atoms with Crippen molar-refractivity contribution >= 4 is 0 Å². The van der Waals surface area contributed by atoms with E-state index in [4.69, 9.17) is 20.5 Å². The fourth-order valence-corrected chi connectivity index (χ4v) is 2.04. The molecule has 0 saturated heterocycles. The van der Waals surface area contributed by atoms with Gasteiger partial charge in [0.2, 0.25) is 0 Å². The number of hydrogen-bond donors (Lipinski definition) is 1. The van der Waals surface area contributed by atoms with Gasteiger partial charge in [-0.1, -0.05) is 12.1 Å². The van der Waals surface area contributed by atoms with Gasteiger partial charge in [0.1, 0.15) is 18.1 Å². The smallest absolute Gasteiger partial charge is 0.125 e. The second kappa shape index (κ2) is 7.32. The highest BCUT2D eigenvalue weighted by molar-refractivity contribution is 5.42. The summed E-state index contributed by atoms with van der Waals surface area (Å²) in [7, 11) is 1.60. The lowest BCUT2D eigenvalue weighted by molar-refractivity contribution is 0.296. The van der Waals surface area contributed by atoms with Gasteiger partial charge < -0.3 is 15.2 Å². The van der Waals surface area contributed by atoms with Crippen molar-refractivity contribution in [3.8, 4) is 17.6 Å². The lowest BCUT2D eigenvalue weighted by Gasteiger charge is -2.11. The highest BCUT2D eigenvalue weighted by Gasteiger charge is 2.05. The van der Waals surface area contributed by atoms with Gasteiger partial charge in [0, 0.05) is 5.56 Å². The van der Waals surface area contributed by atoms with Gasteiger partial charge >= 0.3 is 0 Å². The van der Waals surface area contributed by atoms with Crippen LogP contribution in [0.5, 0.6) is 11.5 Å². The van der Waals surface area contributed by atoms with Crippen molar-refractivity contribution < 1.29 is 9.47 Å². The molecule has 0 aliphatic carbocycles. The summed E-state index contributed by atoms with van der Waals surface area (Å²) >= 11 is 0. The van der Waals surface area contributed by atoms with Crippen LogP contribution in [0.2, 0.25) is 0 Å². The molecule has 2 aromatic rings. The molecule has 4 heteroatoms. The van der Waals surface area contributed by atoms with E-state index in [0.717, 1.165) is 17.7 Å². The number of methoxy groups -OCH3 is 1. The van der Waals surface area contributed by atoms with E-state index in [2.05, 4.69) is 6.07 Å². The molecule has 2 rings (SSSR count). The molecule has 0 radical (unpaired) electrons. The Bertz CT molecular complexity index is 630. The number of nitrogens with two attached hydrogens (primary N) is 1. The quantitative estimate of drug-likeness (QED) is 0.884. The Kier molecular flexibility index (Phi) is 5.19.